The number of hydrogen-bond donors (Lipinski definition) is 2. The summed E-state index contributed by atoms with van der Waals surface area (Å²) in [6.45, 7) is 10.6. The Morgan fingerprint density at radius 1 is 1.17 bits per heavy atom. The first kappa shape index (κ1) is 14.7. The first-order valence-corrected chi connectivity index (χ1v) is 6.28. The normalized spacial score (nSPS) is 12.3. The van der Waals surface area contributed by atoms with E-state index >= 15 is 0 Å². The molecule has 3 heteroatoms. The standard InChI is InChI=1S/C15H24N2O/c1-14(2,3)12-9-7-6-8-11(12)13(18)17-10-15(4,5)16/h6-9H,10,16H2,1-5H3,(H,17,18). The summed E-state index contributed by atoms with van der Waals surface area (Å²) in [5, 5.41) is 2.89. The molecule has 0 radical (unpaired) electrons. The molecular weight excluding hydrogens is 224 g/mol. The van der Waals surface area contributed by atoms with E-state index in [1.165, 1.54) is 0 Å². The third-order valence-electron chi connectivity index (χ3n) is 2.68. The van der Waals surface area contributed by atoms with E-state index in [0.717, 1.165) is 11.1 Å². The SMILES string of the molecule is CC(C)(N)CNC(=O)c1ccccc1C(C)(C)C. The molecule has 100 valence electrons. The molecule has 3 N–H and O–H groups in total. The summed E-state index contributed by atoms with van der Waals surface area (Å²) in [5.41, 5.74) is 7.21. The van der Waals surface area contributed by atoms with Crippen LogP contribution in [0.4, 0.5) is 0 Å². The Morgan fingerprint density at radius 2 is 1.72 bits per heavy atom. The Kier molecular flexibility index (Phi) is 4.17. The molecule has 0 heterocycles. The van der Waals surface area contributed by atoms with Gasteiger partial charge in [0.15, 0.2) is 0 Å². The van der Waals surface area contributed by atoms with Crippen molar-refractivity contribution >= 4 is 5.91 Å². The van der Waals surface area contributed by atoms with Crippen LogP contribution in [0.25, 0.3) is 0 Å². The van der Waals surface area contributed by atoms with Gasteiger partial charge in [-0.3, -0.25) is 4.79 Å². The van der Waals surface area contributed by atoms with Gasteiger partial charge in [0.2, 0.25) is 0 Å². The highest BCUT2D eigenvalue weighted by molar-refractivity contribution is 5.96. The zero-order valence-electron chi connectivity index (χ0n) is 12.0. The van der Waals surface area contributed by atoms with E-state index in [2.05, 4.69) is 26.1 Å². The summed E-state index contributed by atoms with van der Waals surface area (Å²) < 4.78 is 0. The van der Waals surface area contributed by atoms with Crippen molar-refractivity contribution < 1.29 is 4.79 Å². The van der Waals surface area contributed by atoms with E-state index in [-0.39, 0.29) is 11.3 Å². The van der Waals surface area contributed by atoms with Gasteiger partial charge in [-0.15, -0.1) is 0 Å². The molecule has 18 heavy (non-hydrogen) atoms. The Bertz CT molecular complexity index is 425. The second-order valence-corrected chi connectivity index (χ2v) is 6.47. The van der Waals surface area contributed by atoms with Gasteiger partial charge in [-0.2, -0.15) is 0 Å². The van der Waals surface area contributed by atoms with Gasteiger partial charge < -0.3 is 11.1 Å². The summed E-state index contributed by atoms with van der Waals surface area (Å²) in [5.74, 6) is -0.0564. The van der Waals surface area contributed by atoms with Crippen molar-refractivity contribution in [3.63, 3.8) is 0 Å². The van der Waals surface area contributed by atoms with Crippen molar-refractivity contribution in [1.29, 1.82) is 0 Å². The molecule has 0 saturated carbocycles. The van der Waals surface area contributed by atoms with Gasteiger partial charge in [-0.25, -0.2) is 0 Å². The molecule has 0 bridgehead atoms. The first-order valence-electron chi connectivity index (χ1n) is 6.28. The molecule has 0 aliphatic heterocycles. The molecule has 0 aromatic heterocycles. The minimum atomic E-state index is -0.396. The molecule has 0 spiro atoms. The third kappa shape index (κ3) is 4.15. The molecule has 1 amide bonds. The smallest absolute Gasteiger partial charge is 0.251 e. The zero-order chi connectivity index (χ0) is 14.0. The van der Waals surface area contributed by atoms with Crippen LogP contribution >= 0.6 is 0 Å². The van der Waals surface area contributed by atoms with Crippen LogP contribution in [0.1, 0.15) is 50.5 Å². The highest BCUT2D eigenvalue weighted by Crippen LogP contribution is 2.25. The monoisotopic (exact) mass is 248 g/mol. The molecule has 0 aliphatic rings. The zero-order valence-corrected chi connectivity index (χ0v) is 12.0. The predicted octanol–water partition coefficient (Wildman–Crippen LogP) is 2.45. The van der Waals surface area contributed by atoms with E-state index in [1.807, 2.05) is 38.1 Å². The molecule has 3 nitrogen and oxygen atoms in total. The van der Waals surface area contributed by atoms with E-state index in [9.17, 15) is 4.79 Å². The third-order valence-corrected chi connectivity index (χ3v) is 2.68. The molecular formula is C15H24N2O. The lowest BCUT2D eigenvalue weighted by Crippen LogP contribution is -2.45. The average Bonchev–Trinajstić information content (AvgIpc) is 2.24. The van der Waals surface area contributed by atoms with E-state index in [0.29, 0.717) is 6.54 Å². The number of carbonyl (C=O) groups excluding carboxylic acids is 1. The lowest BCUT2D eigenvalue weighted by molar-refractivity contribution is 0.0944. The molecule has 0 unspecified atom stereocenters. The van der Waals surface area contributed by atoms with Crippen molar-refractivity contribution in [1.82, 2.24) is 5.32 Å². The van der Waals surface area contributed by atoms with Crippen LogP contribution in [0.2, 0.25) is 0 Å². The maximum Gasteiger partial charge on any atom is 0.251 e. The van der Waals surface area contributed by atoms with Gasteiger partial charge in [-0.05, 0) is 30.9 Å². The van der Waals surface area contributed by atoms with Gasteiger partial charge in [-0.1, -0.05) is 39.0 Å². The fourth-order valence-electron chi connectivity index (χ4n) is 1.74. The summed E-state index contributed by atoms with van der Waals surface area (Å²) in [6, 6.07) is 7.71. The van der Waals surface area contributed by atoms with Crippen molar-refractivity contribution in [3.05, 3.63) is 35.4 Å². The van der Waals surface area contributed by atoms with Crippen LogP contribution in [-0.4, -0.2) is 18.0 Å². The molecule has 0 saturated heterocycles. The lowest BCUT2D eigenvalue weighted by Gasteiger charge is -2.24. The fourth-order valence-corrected chi connectivity index (χ4v) is 1.74. The van der Waals surface area contributed by atoms with Crippen molar-refractivity contribution in [2.45, 2.75) is 45.6 Å². The second-order valence-electron chi connectivity index (χ2n) is 6.47. The molecule has 1 aromatic rings. The highest BCUT2D eigenvalue weighted by Gasteiger charge is 2.21. The van der Waals surface area contributed by atoms with Crippen LogP contribution in [0, 0.1) is 0 Å². The van der Waals surface area contributed by atoms with Gasteiger partial charge in [0, 0.05) is 17.6 Å². The number of rotatable bonds is 3. The first-order chi connectivity index (χ1) is 8.11. The van der Waals surface area contributed by atoms with Crippen molar-refractivity contribution in [3.8, 4) is 0 Å². The number of benzene rings is 1. The maximum absolute atomic E-state index is 12.2. The maximum atomic E-state index is 12.2. The summed E-state index contributed by atoms with van der Waals surface area (Å²) >= 11 is 0. The van der Waals surface area contributed by atoms with E-state index < -0.39 is 5.54 Å². The average molecular weight is 248 g/mol. The highest BCUT2D eigenvalue weighted by atomic mass is 16.1. The Labute approximate surface area is 110 Å². The van der Waals surface area contributed by atoms with Gasteiger partial charge in [0.1, 0.15) is 0 Å². The number of nitrogens with one attached hydrogen (secondary N) is 1. The molecule has 1 rings (SSSR count). The lowest BCUT2D eigenvalue weighted by atomic mass is 9.83. The minimum absolute atomic E-state index is 0.0494. The topological polar surface area (TPSA) is 55.1 Å². The van der Waals surface area contributed by atoms with E-state index in [1.54, 1.807) is 0 Å². The summed E-state index contributed by atoms with van der Waals surface area (Å²) in [6.07, 6.45) is 0. The van der Waals surface area contributed by atoms with Gasteiger partial charge >= 0.3 is 0 Å². The largest absolute Gasteiger partial charge is 0.350 e. The number of amides is 1. The van der Waals surface area contributed by atoms with Crippen molar-refractivity contribution in [2.75, 3.05) is 6.54 Å². The summed E-state index contributed by atoms with van der Waals surface area (Å²) in [4.78, 5) is 12.2. The van der Waals surface area contributed by atoms with E-state index in [4.69, 9.17) is 5.73 Å². The fraction of sp³-hybridized carbons (Fsp3) is 0.533. The van der Waals surface area contributed by atoms with Gasteiger partial charge in [0.25, 0.3) is 5.91 Å². The number of carbonyl (C=O) groups is 1. The summed E-state index contributed by atoms with van der Waals surface area (Å²) in [7, 11) is 0. The van der Waals surface area contributed by atoms with Crippen molar-refractivity contribution in [2.24, 2.45) is 5.73 Å². The van der Waals surface area contributed by atoms with Crippen LogP contribution in [0.3, 0.4) is 0 Å². The van der Waals surface area contributed by atoms with Crippen LogP contribution < -0.4 is 11.1 Å². The second kappa shape index (κ2) is 5.11. The van der Waals surface area contributed by atoms with Crippen LogP contribution in [-0.2, 0) is 5.41 Å². The van der Waals surface area contributed by atoms with Crippen LogP contribution in [0.5, 0.6) is 0 Å². The molecule has 0 atom stereocenters. The Hall–Kier alpha value is -1.35. The number of nitrogens with two attached hydrogens (primary N) is 1. The number of hydrogen-bond acceptors (Lipinski definition) is 2. The Balaban J connectivity index is 2.93. The quantitative estimate of drug-likeness (QED) is 0.863. The van der Waals surface area contributed by atoms with Crippen LogP contribution in [0.15, 0.2) is 24.3 Å². The molecule has 0 fully saturated rings. The predicted molar refractivity (Wildman–Crippen MR) is 75.7 cm³/mol. The molecule has 0 aliphatic carbocycles. The minimum Gasteiger partial charge on any atom is -0.350 e. The Morgan fingerprint density at radius 3 is 2.22 bits per heavy atom. The van der Waals surface area contributed by atoms with Gasteiger partial charge in [0.05, 0.1) is 0 Å². The molecule has 1 aromatic carbocycles.